The number of thiophene rings is 1. The van der Waals surface area contributed by atoms with E-state index in [9.17, 15) is 4.39 Å². The van der Waals surface area contributed by atoms with E-state index in [1.54, 1.807) is 23.5 Å². The number of nitrogens with zero attached hydrogens (tertiary/aromatic N) is 2. The highest BCUT2D eigenvalue weighted by atomic mass is 35.5. The Hall–Kier alpha value is -1.17. The first-order chi connectivity index (χ1) is 9.25. The first kappa shape index (κ1) is 12.8. The van der Waals surface area contributed by atoms with Gasteiger partial charge in [-0.2, -0.15) is 0 Å². The third-order valence-corrected chi connectivity index (χ3v) is 5.04. The Morgan fingerprint density at radius 3 is 3.00 bits per heavy atom. The molecule has 0 saturated heterocycles. The number of halogens is 2. The summed E-state index contributed by atoms with van der Waals surface area (Å²) in [5, 5.41) is 3.28. The summed E-state index contributed by atoms with van der Waals surface area (Å²) in [6.07, 6.45) is 1.53. The highest BCUT2D eigenvalue weighted by Crippen LogP contribution is 2.32. The van der Waals surface area contributed by atoms with Crippen molar-refractivity contribution in [3.05, 3.63) is 52.4 Å². The van der Waals surface area contributed by atoms with Crippen molar-refractivity contribution in [2.45, 2.75) is 10.8 Å². The lowest BCUT2D eigenvalue weighted by molar-refractivity contribution is 0.617. The Kier molecular flexibility index (Phi) is 3.68. The Labute approximate surface area is 122 Å². The molecule has 0 N–H and O–H groups in total. The van der Waals surface area contributed by atoms with Crippen LogP contribution in [0.3, 0.4) is 0 Å². The molecule has 0 spiro atoms. The van der Waals surface area contributed by atoms with E-state index >= 15 is 0 Å². The summed E-state index contributed by atoms with van der Waals surface area (Å²) in [6, 6.07) is 6.67. The van der Waals surface area contributed by atoms with Crippen molar-refractivity contribution in [2.75, 3.05) is 0 Å². The lowest BCUT2D eigenvalue weighted by Crippen LogP contribution is -1.90. The average molecular weight is 311 g/mol. The van der Waals surface area contributed by atoms with Gasteiger partial charge in [0, 0.05) is 16.3 Å². The topological polar surface area (TPSA) is 25.8 Å². The van der Waals surface area contributed by atoms with Crippen LogP contribution in [0, 0.1) is 5.82 Å². The molecule has 0 aliphatic rings. The van der Waals surface area contributed by atoms with E-state index in [0.717, 1.165) is 15.2 Å². The van der Waals surface area contributed by atoms with E-state index in [0.29, 0.717) is 16.3 Å². The zero-order chi connectivity index (χ0) is 13.2. The maximum atomic E-state index is 13.7. The maximum Gasteiger partial charge on any atom is 0.128 e. The fourth-order valence-corrected chi connectivity index (χ4v) is 3.97. The molecule has 2 aromatic heterocycles. The molecule has 0 amide bonds. The summed E-state index contributed by atoms with van der Waals surface area (Å²) in [4.78, 5) is 8.43. The standard InChI is InChI=1S/C13H8ClFN2S2/c14-9-2-1-3-10(15)8(9)6-19-13-12-11(4-5-18-12)16-7-17-13/h1-5,7H,6H2. The summed E-state index contributed by atoms with van der Waals surface area (Å²) in [7, 11) is 0. The van der Waals surface area contributed by atoms with Crippen LogP contribution < -0.4 is 0 Å². The van der Waals surface area contributed by atoms with Gasteiger partial charge >= 0.3 is 0 Å². The third kappa shape index (κ3) is 2.59. The van der Waals surface area contributed by atoms with Crippen LogP contribution in [0.4, 0.5) is 4.39 Å². The van der Waals surface area contributed by atoms with Crippen LogP contribution in [0.2, 0.25) is 5.02 Å². The Morgan fingerprint density at radius 1 is 1.26 bits per heavy atom. The van der Waals surface area contributed by atoms with Crippen molar-refractivity contribution in [1.29, 1.82) is 0 Å². The van der Waals surface area contributed by atoms with Crippen molar-refractivity contribution < 1.29 is 4.39 Å². The van der Waals surface area contributed by atoms with Gasteiger partial charge < -0.3 is 0 Å². The predicted octanol–water partition coefficient (Wildman–Crippen LogP) is 4.78. The van der Waals surface area contributed by atoms with Gasteiger partial charge in [0.15, 0.2) is 0 Å². The molecule has 0 aliphatic heterocycles. The molecule has 0 saturated carbocycles. The Balaban J connectivity index is 1.88. The second-order valence-corrected chi connectivity index (χ2v) is 6.09. The van der Waals surface area contributed by atoms with Crippen molar-refractivity contribution in [3.8, 4) is 0 Å². The monoisotopic (exact) mass is 310 g/mol. The summed E-state index contributed by atoms with van der Waals surface area (Å²) in [5.74, 6) is 0.173. The van der Waals surface area contributed by atoms with Crippen LogP contribution in [-0.4, -0.2) is 9.97 Å². The first-order valence-electron chi connectivity index (χ1n) is 5.49. The molecular weight excluding hydrogens is 303 g/mol. The molecule has 19 heavy (non-hydrogen) atoms. The van der Waals surface area contributed by atoms with Crippen molar-refractivity contribution in [1.82, 2.24) is 9.97 Å². The molecule has 0 atom stereocenters. The predicted molar refractivity (Wildman–Crippen MR) is 78.4 cm³/mol. The van der Waals surface area contributed by atoms with Gasteiger partial charge in [-0.25, -0.2) is 14.4 Å². The molecule has 0 unspecified atom stereocenters. The van der Waals surface area contributed by atoms with Crippen LogP contribution in [0.15, 0.2) is 41.0 Å². The van der Waals surface area contributed by atoms with Crippen LogP contribution in [-0.2, 0) is 5.75 Å². The molecule has 1 aromatic carbocycles. The lowest BCUT2D eigenvalue weighted by Gasteiger charge is -2.05. The van der Waals surface area contributed by atoms with Gasteiger partial charge in [0.2, 0.25) is 0 Å². The number of hydrogen-bond donors (Lipinski definition) is 0. The van der Waals surface area contributed by atoms with Gasteiger partial charge in [-0.15, -0.1) is 11.3 Å². The molecule has 0 radical (unpaired) electrons. The molecule has 0 aliphatic carbocycles. The fourth-order valence-electron chi connectivity index (χ4n) is 1.68. The summed E-state index contributed by atoms with van der Waals surface area (Å²) in [5.41, 5.74) is 1.43. The molecule has 6 heteroatoms. The van der Waals surface area contributed by atoms with Gasteiger partial charge in [-0.3, -0.25) is 0 Å². The number of hydrogen-bond acceptors (Lipinski definition) is 4. The minimum absolute atomic E-state index is 0.281. The van der Waals surface area contributed by atoms with Gasteiger partial charge in [-0.05, 0) is 23.6 Å². The normalized spacial score (nSPS) is 11.1. The maximum absolute atomic E-state index is 13.7. The molecule has 2 heterocycles. The van der Waals surface area contributed by atoms with Crippen molar-refractivity contribution >= 4 is 44.9 Å². The Bertz CT molecular complexity index is 709. The minimum atomic E-state index is -0.281. The minimum Gasteiger partial charge on any atom is -0.235 e. The molecule has 0 fully saturated rings. The van der Waals surface area contributed by atoms with Crippen molar-refractivity contribution in [2.24, 2.45) is 0 Å². The number of fused-ring (bicyclic) bond motifs is 1. The molecule has 3 rings (SSSR count). The van der Waals surface area contributed by atoms with Crippen LogP contribution >= 0.6 is 34.7 Å². The zero-order valence-corrected chi connectivity index (χ0v) is 12.0. The van der Waals surface area contributed by atoms with Gasteiger partial charge in [0.25, 0.3) is 0 Å². The van der Waals surface area contributed by atoms with Gasteiger partial charge in [-0.1, -0.05) is 29.4 Å². The van der Waals surface area contributed by atoms with E-state index in [4.69, 9.17) is 11.6 Å². The van der Waals surface area contributed by atoms with E-state index < -0.39 is 0 Å². The summed E-state index contributed by atoms with van der Waals surface area (Å²) in [6.45, 7) is 0. The summed E-state index contributed by atoms with van der Waals surface area (Å²) >= 11 is 9.07. The third-order valence-electron chi connectivity index (χ3n) is 2.63. The SMILES string of the molecule is Fc1cccc(Cl)c1CSc1ncnc2ccsc12. The highest BCUT2D eigenvalue weighted by molar-refractivity contribution is 7.98. The average Bonchev–Trinajstić information content (AvgIpc) is 2.87. The number of thioether (sulfide) groups is 1. The Morgan fingerprint density at radius 2 is 2.16 bits per heavy atom. The lowest BCUT2D eigenvalue weighted by atomic mass is 10.2. The van der Waals surface area contributed by atoms with E-state index in [1.165, 1.54) is 24.2 Å². The number of benzene rings is 1. The zero-order valence-electron chi connectivity index (χ0n) is 9.64. The molecule has 96 valence electrons. The molecule has 2 nitrogen and oxygen atoms in total. The highest BCUT2D eigenvalue weighted by Gasteiger charge is 2.10. The summed E-state index contributed by atoms with van der Waals surface area (Å²) < 4.78 is 14.7. The van der Waals surface area contributed by atoms with E-state index in [-0.39, 0.29) is 5.82 Å². The van der Waals surface area contributed by atoms with Crippen LogP contribution in [0.25, 0.3) is 10.2 Å². The first-order valence-corrected chi connectivity index (χ1v) is 7.74. The van der Waals surface area contributed by atoms with Gasteiger partial charge in [0.1, 0.15) is 17.2 Å². The molecular formula is C13H8ClFN2S2. The quantitative estimate of drug-likeness (QED) is 0.514. The van der Waals surface area contributed by atoms with Crippen molar-refractivity contribution in [3.63, 3.8) is 0 Å². The van der Waals surface area contributed by atoms with E-state index in [1.807, 2.05) is 11.4 Å². The second-order valence-electron chi connectivity index (χ2n) is 3.80. The van der Waals surface area contributed by atoms with Crippen LogP contribution in [0.1, 0.15) is 5.56 Å². The van der Waals surface area contributed by atoms with Gasteiger partial charge in [0.05, 0.1) is 10.2 Å². The van der Waals surface area contributed by atoms with E-state index in [2.05, 4.69) is 9.97 Å². The van der Waals surface area contributed by atoms with Crippen LogP contribution in [0.5, 0.6) is 0 Å². The largest absolute Gasteiger partial charge is 0.235 e. The number of rotatable bonds is 3. The fraction of sp³-hybridized carbons (Fsp3) is 0.0769. The molecule has 3 aromatic rings. The number of aromatic nitrogens is 2. The smallest absolute Gasteiger partial charge is 0.128 e. The molecule has 0 bridgehead atoms. The second kappa shape index (κ2) is 5.45.